The first-order valence-electron chi connectivity index (χ1n) is 5.74. The van der Waals surface area contributed by atoms with Gasteiger partial charge >= 0.3 is 0 Å². The second kappa shape index (κ2) is 6.55. The molecule has 0 saturated heterocycles. The van der Waals surface area contributed by atoms with E-state index in [2.05, 4.69) is 10.6 Å². The van der Waals surface area contributed by atoms with E-state index in [1.807, 2.05) is 51.3 Å². The predicted molar refractivity (Wildman–Crippen MR) is 74.6 cm³/mol. The van der Waals surface area contributed by atoms with Gasteiger partial charge in [-0.25, -0.2) is 0 Å². The van der Waals surface area contributed by atoms with E-state index in [9.17, 15) is 4.79 Å². The highest BCUT2D eigenvalue weighted by atomic mass is 32.2. The molecule has 1 amide bonds. The molecule has 3 nitrogen and oxygen atoms in total. The van der Waals surface area contributed by atoms with Crippen molar-refractivity contribution in [2.24, 2.45) is 0 Å². The van der Waals surface area contributed by atoms with E-state index in [1.165, 1.54) is 4.90 Å². The second-order valence-corrected chi connectivity index (χ2v) is 5.14. The highest BCUT2D eigenvalue weighted by molar-refractivity contribution is 7.98. The maximum absolute atomic E-state index is 11.7. The van der Waals surface area contributed by atoms with Crippen LogP contribution in [0.3, 0.4) is 0 Å². The number of amides is 1. The van der Waals surface area contributed by atoms with Crippen LogP contribution in [0.2, 0.25) is 0 Å². The number of anilines is 1. The van der Waals surface area contributed by atoms with E-state index in [-0.39, 0.29) is 18.0 Å². The Morgan fingerprint density at radius 2 is 1.76 bits per heavy atom. The van der Waals surface area contributed by atoms with E-state index >= 15 is 0 Å². The molecule has 1 aromatic rings. The molecule has 0 aliphatic heterocycles. The van der Waals surface area contributed by atoms with Crippen LogP contribution >= 0.6 is 11.8 Å². The number of hydrogen-bond donors (Lipinski definition) is 2. The molecule has 2 N–H and O–H groups in total. The Hall–Kier alpha value is -1.16. The molecule has 1 unspecified atom stereocenters. The Labute approximate surface area is 107 Å². The van der Waals surface area contributed by atoms with Crippen molar-refractivity contribution in [2.45, 2.75) is 37.8 Å². The van der Waals surface area contributed by atoms with Crippen LogP contribution in [0.15, 0.2) is 29.2 Å². The van der Waals surface area contributed by atoms with Gasteiger partial charge in [0.25, 0.3) is 0 Å². The lowest BCUT2D eigenvalue weighted by Gasteiger charge is -2.17. The van der Waals surface area contributed by atoms with Gasteiger partial charge < -0.3 is 10.6 Å². The quantitative estimate of drug-likeness (QED) is 0.792. The standard InChI is InChI=1S/C13H20N2OS/c1-9(2)14-13(16)10(3)15-11-5-7-12(17-4)8-6-11/h5-10,15H,1-4H3,(H,14,16). The number of rotatable bonds is 5. The van der Waals surface area contributed by atoms with E-state index in [4.69, 9.17) is 0 Å². The van der Waals surface area contributed by atoms with Crippen LogP contribution in [-0.4, -0.2) is 24.2 Å². The molecular formula is C13H20N2OS. The number of benzene rings is 1. The van der Waals surface area contributed by atoms with Crippen LogP contribution in [0.1, 0.15) is 20.8 Å². The summed E-state index contributed by atoms with van der Waals surface area (Å²) in [5, 5.41) is 6.06. The largest absolute Gasteiger partial charge is 0.374 e. The van der Waals surface area contributed by atoms with Crippen LogP contribution < -0.4 is 10.6 Å². The molecule has 1 rings (SSSR count). The summed E-state index contributed by atoms with van der Waals surface area (Å²) in [6.07, 6.45) is 2.04. The summed E-state index contributed by atoms with van der Waals surface area (Å²) in [6, 6.07) is 8.01. The smallest absolute Gasteiger partial charge is 0.242 e. The maximum Gasteiger partial charge on any atom is 0.242 e. The van der Waals surface area contributed by atoms with Gasteiger partial charge in [0, 0.05) is 16.6 Å². The number of hydrogen-bond acceptors (Lipinski definition) is 3. The molecule has 1 atom stereocenters. The van der Waals surface area contributed by atoms with Gasteiger partial charge in [0.1, 0.15) is 6.04 Å². The molecule has 0 aromatic heterocycles. The zero-order valence-corrected chi connectivity index (χ0v) is 11.6. The molecule has 0 aliphatic rings. The van der Waals surface area contributed by atoms with Crippen molar-refractivity contribution in [3.05, 3.63) is 24.3 Å². The first-order chi connectivity index (χ1) is 8.02. The van der Waals surface area contributed by atoms with Crippen molar-refractivity contribution in [3.8, 4) is 0 Å². The molecule has 0 fully saturated rings. The first kappa shape index (κ1) is 13.9. The molecule has 17 heavy (non-hydrogen) atoms. The molecular weight excluding hydrogens is 232 g/mol. The zero-order valence-electron chi connectivity index (χ0n) is 10.8. The molecule has 1 aromatic carbocycles. The predicted octanol–water partition coefficient (Wildman–Crippen LogP) is 2.73. The van der Waals surface area contributed by atoms with Gasteiger partial charge in [0.05, 0.1) is 0 Å². The number of carbonyl (C=O) groups excluding carboxylic acids is 1. The summed E-state index contributed by atoms with van der Waals surface area (Å²) < 4.78 is 0. The number of carbonyl (C=O) groups is 1. The molecule has 0 saturated carbocycles. The maximum atomic E-state index is 11.7. The molecule has 0 heterocycles. The van der Waals surface area contributed by atoms with E-state index in [1.54, 1.807) is 11.8 Å². The Morgan fingerprint density at radius 1 is 1.18 bits per heavy atom. The van der Waals surface area contributed by atoms with Gasteiger partial charge in [-0.3, -0.25) is 4.79 Å². The monoisotopic (exact) mass is 252 g/mol. The van der Waals surface area contributed by atoms with Gasteiger partial charge in [-0.05, 0) is 51.3 Å². The molecule has 0 aliphatic carbocycles. The van der Waals surface area contributed by atoms with Crippen LogP contribution in [0, 0.1) is 0 Å². The SMILES string of the molecule is CSc1ccc(NC(C)C(=O)NC(C)C)cc1. The third-order valence-electron chi connectivity index (χ3n) is 2.30. The summed E-state index contributed by atoms with van der Waals surface area (Å²) in [5.41, 5.74) is 0.967. The summed E-state index contributed by atoms with van der Waals surface area (Å²) in [5.74, 6) is 0.0222. The Bertz CT molecular complexity index is 362. The molecule has 0 radical (unpaired) electrons. The minimum absolute atomic E-state index is 0.0222. The molecule has 94 valence electrons. The lowest BCUT2D eigenvalue weighted by molar-refractivity contribution is -0.122. The van der Waals surface area contributed by atoms with Gasteiger partial charge in [-0.2, -0.15) is 0 Å². The van der Waals surface area contributed by atoms with Crippen molar-refractivity contribution in [1.82, 2.24) is 5.32 Å². The van der Waals surface area contributed by atoms with E-state index < -0.39 is 0 Å². The zero-order chi connectivity index (χ0) is 12.8. The Kier molecular flexibility index (Phi) is 5.35. The third-order valence-corrected chi connectivity index (χ3v) is 3.04. The van der Waals surface area contributed by atoms with Crippen molar-refractivity contribution >= 4 is 23.4 Å². The van der Waals surface area contributed by atoms with Crippen LogP contribution in [0.25, 0.3) is 0 Å². The lowest BCUT2D eigenvalue weighted by atomic mass is 10.2. The fourth-order valence-electron chi connectivity index (χ4n) is 1.41. The van der Waals surface area contributed by atoms with Crippen LogP contribution in [0.4, 0.5) is 5.69 Å². The van der Waals surface area contributed by atoms with Crippen molar-refractivity contribution in [2.75, 3.05) is 11.6 Å². The minimum Gasteiger partial charge on any atom is -0.374 e. The average molecular weight is 252 g/mol. The fraction of sp³-hybridized carbons (Fsp3) is 0.462. The Balaban J connectivity index is 2.55. The highest BCUT2D eigenvalue weighted by Crippen LogP contribution is 2.17. The summed E-state index contributed by atoms with van der Waals surface area (Å²) in [6.45, 7) is 5.77. The van der Waals surface area contributed by atoms with E-state index in [0.717, 1.165) is 5.69 Å². The highest BCUT2D eigenvalue weighted by Gasteiger charge is 2.12. The molecule has 0 bridgehead atoms. The number of nitrogens with one attached hydrogen (secondary N) is 2. The summed E-state index contributed by atoms with van der Waals surface area (Å²) in [4.78, 5) is 12.9. The third kappa shape index (κ3) is 4.69. The second-order valence-electron chi connectivity index (χ2n) is 4.26. The van der Waals surface area contributed by atoms with Gasteiger partial charge in [0.15, 0.2) is 0 Å². The van der Waals surface area contributed by atoms with Crippen molar-refractivity contribution in [3.63, 3.8) is 0 Å². The Morgan fingerprint density at radius 3 is 2.24 bits per heavy atom. The van der Waals surface area contributed by atoms with Gasteiger partial charge in [0.2, 0.25) is 5.91 Å². The number of thioether (sulfide) groups is 1. The van der Waals surface area contributed by atoms with Crippen molar-refractivity contribution < 1.29 is 4.79 Å². The van der Waals surface area contributed by atoms with Crippen LogP contribution in [-0.2, 0) is 4.79 Å². The average Bonchev–Trinajstić information content (AvgIpc) is 2.29. The first-order valence-corrected chi connectivity index (χ1v) is 6.96. The van der Waals surface area contributed by atoms with Gasteiger partial charge in [-0.1, -0.05) is 0 Å². The summed E-state index contributed by atoms with van der Waals surface area (Å²) >= 11 is 1.70. The molecule has 0 spiro atoms. The van der Waals surface area contributed by atoms with Gasteiger partial charge in [-0.15, -0.1) is 11.8 Å². The fourth-order valence-corrected chi connectivity index (χ4v) is 1.82. The normalized spacial score (nSPS) is 12.3. The minimum atomic E-state index is -0.225. The van der Waals surface area contributed by atoms with Crippen molar-refractivity contribution in [1.29, 1.82) is 0 Å². The van der Waals surface area contributed by atoms with E-state index in [0.29, 0.717) is 0 Å². The van der Waals surface area contributed by atoms with Crippen LogP contribution in [0.5, 0.6) is 0 Å². The molecule has 4 heteroatoms. The summed E-state index contributed by atoms with van der Waals surface area (Å²) in [7, 11) is 0. The lowest BCUT2D eigenvalue weighted by Crippen LogP contribution is -2.40. The topological polar surface area (TPSA) is 41.1 Å².